The number of nitrogens with zero attached hydrogens (tertiary/aromatic N) is 2. The molecule has 0 bridgehead atoms. The maximum atomic E-state index is 13.4. The number of rotatable bonds is 2. The van der Waals surface area contributed by atoms with Crippen molar-refractivity contribution in [3.8, 4) is 17.5 Å². The number of aromatic nitrogens is 1. The van der Waals surface area contributed by atoms with Crippen LogP contribution in [-0.4, -0.2) is 11.7 Å². The predicted octanol–water partition coefficient (Wildman–Crippen LogP) is 3.65. The molecule has 0 N–H and O–H groups in total. The Morgan fingerprint density at radius 1 is 1.15 bits per heavy atom. The highest BCUT2D eigenvalue weighted by molar-refractivity contribution is 5.88. The maximum absolute atomic E-state index is 13.4. The van der Waals surface area contributed by atoms with Gasteiger partial charge in [-0.3, -0.25) is 0 Å². The molecule has 0 aliphatic rings. The summed E-state index contributed by atoms with van der Waals surface area (Å²) in [4.78, 5) is 0. The van der Waals surface area contributed by atoms with Gasteiger partial charge in [0.05, 0.1) is 18.2 Å². The Bertz CT molecular complexity index is 813. The van der Waals surface area contributed by atoms with E-state index in [-0.39, 0.29) is 5.82 Å². The molecule has 0 unspecified atom stereocenters. The van der Waals surface area contributed by atoms with E-state index >= 15 is 0 Å². The summed E-state index contributed by atoms with van der Waals surface area (Å²) in [5.74, 6) is 0.423. The van der Waals surface area contributed by atoms with E-state index < -0.39 is 0 Å². The van der Waals surface area contributed by atoms with E-state index in [1.165, 1.54) is 12.1 Å². The van der Waals surface area contributed by atoms with Crippen molar-refractivity contribution < 1.29 is 9.13 Å². The van der Waals surface area contributed by atoms with Crippen LogP contribution >= 0.6 is 0 Å². The zero-order valence-electron chi connectivity index (χ0n) is 10.8. The topological polar surface area (TPSA) is 38.0 Å². The van der Waals surface area contributed by atoms with Gasteiger partial charge in [0.2, 0.25) is 0 Å². The van der Waals surface area contributed by atoms with Gasteiger partial charge in [-0.25, -0.2) is 4.39 Å². The quantitative estimate of drug-likeness (QED) is 0.710. The standard InChI is InChI=1S/C16H11FN2O/c1-20-14-5-3-13(4-6-14)19-10-11(9-18)15-7-2-12(17)8-16(15)19/h2-8,10H,1H3. The van der Waals surface area contributed by atoms with Crippen molar-refractivity contribution in [2.75, 3.05) is 7.11 Å². The molecule has 0 fully saturated rings. The van der Waals surface area contributed by atoms with Crippen molar-refractivity contribution in [1.82, 2.24) is 4.57 Å². The summed E-state index contributed by atoms with van der Waals surface area (Å²) in [7, 11) is 1.60. The number of benzene rings is 2. The lowest BCUT2D eigenvalue weighted by Gasteiger charge is -2.06. The van der Waals surface area contributed by atoms with E-state index in [2.05, 4.69) is 6.07 Å². The highest BCUT2D eigenvalue weighted by Crippen LogP contribution is 2.26. The molecular formula is C16H11FN2O. The molecule has 0 atom stereocenters. The van der Waals surface area contributed by atoms with E-state index in [1.807, 2.05) is 24.3 Å². The van der Waals surface area contributed by atoms with Crippen LogP contribution in [0.5, 0.6) is 5.75 Å². The zero-order chi connectivity index (χ0) is 14.1. The number of halogens is 1. The number of ether oxygens (including phenoxy) is 1. The van der Waals surface area contributed by atoms with E-state index in [9.17, 15) is 9.65 Å². The van der Waals surface area contributed by atoms with Crippen molar-refractivity contribution in [3.63, 3.8) is 0 Å². The molecule has 0 saturated carbocycles. The molecule has 0 radical (unpaired) electrons. The zero-order valence-corrected chi connectivity index (χ0v) is 10.8. The first-order valence-electron chi connectivity index (χ1n) is 6.08. The summed E-state index contributed by atoms with van der Waals surface area (Å²) in [5, 5.41) is 9.91. The fraction of sp³-hybridized carbons (Fsp3) is 0.0625. The average Bonchev–Trinajstić information content (AvgIpc) is 2.85. The average molecular weight is 266 g/mol. The third kappa shape index (κ3) is 1.90. The molecule has 20 heavy (non-hydrogen) atoms. The molecule has 98 valence electrons. The maximum Gasteiger partial charge on any atom is 0.125 e. The molecule has 3 rings (SSSR count). The van der Waals surface area contributed by atoms with Crippen molar-refractivity contribution in [1.29, 1.82) is 5.26 Å². The van der Waals surface area contributed by atoms with Gasteiger partial charge in [0.1, 0.15) is 17.6 Å². The molecule has 0 saturated heterocycles. The number of nitriles is 1. The molecule has 0 aliphatic heterocycles. The first-order valence-corrected chi connectivity index (χ1v) is 6.08. The van der Waals surface area contributed by atoms with Crippen LogP contribution in [0.1, 0.15) is 5.56 Å². The van der Waals surface area contributed by atoms with Crippen LogP contribution in [0.4, 0.5) is 4.39 Å². The smallest absolute Gasteiger partial charge is 0.125 e. The number of methoxy groups -OCH3 is 1. The third-order valence-electron chi connectivity index (χ3n) is 3.24. The second-order valence-corrected chi connectivity index (χ2v) is 4.38. The second-order valence-electron chi connectivity index (χ2n) is 4.38. The molecule has 3 nitrogen and oxygen atoms in total. The van der Waals surface area contributed by atoms with E-state index in [4.69, 9.17) is 4.74 Å². The lowest BCUT2D eigenvalue weighted by Crippen LogP contribution is -1.92. The fourth-order valence-corrected chi connectivity index (χ4v) is 2.25. The lowest BCUT2D eigenvalue weighted by atomic mass is 10.2. The van der Waals surface area contributed by atoms with E-state index in [1.54, 1.807) is 23.9 Å². The van der Waals surface area contributed by atoms with Crippen LogP contribution in [0.25, 0.3) is 16.6 Å². The second kappa shape index (κ2) is 4.71. The summed E-state index contributed by atoms with van der Waals surface area (Å²) in [6, 6.07) is 13.9. The van der Waals surface area contributed by atoms with Crippen molar-refractivity contribution in [2.24, 2.45) is 0 Å². The molecule has 3 aromatic rings. The normalized spacial score (nSPS) is 10.4. The minimum Gasteiger partial charge on any atom is -0.497 e. The molecular weight excluding hydrogens is 255 g/mol. The van der Waals surface area contributed by atoms with Gasteiger partial charge in [0.15, 0.2) is 0 Å². The van der Waals surface area contributed by atoms with Crippen LogP contribution < -0.4 is 4.74 Å². The Morgan fingerprint density at radius 3 is 2.55 bits per heavy atom. The van der Waals surface area contributed by atoms with Crippen LogP contribution in [0.3, 0.4) is 0 Å². The minimum absolute atomic E-state index is 0.324. The van der Waals surface area contributed by atoms with Gasteiger partial charge < -0.3 is 9.30 Å². The highest BCUT2D eigenvalue weighted by Gasteiger charge is 2.10. The van der Waals surface area contributed by atoms with Gasteiger partial charge in [0, 0.05) is 17.3 Å². The number of hydrogen-bond donors (Lipinski definition) is 0. The Labute approximate surface area is 115 Å². The Balaban J connectivity index is 2.24. The first kappa shape index (κ1) is 12.2. The van der Waals surface area contributed by atoms with Crippen molar-refractivity contribution in [2.45, 2.75) is 0 Å². The molecule has 2 aromatic carbocycles. The molecule has 4 heteroatoms. The molecule has 0 aliphatic carbocycles. The van der Waals surface area contributed by atoms with Crippen molar-refractivity contribution >= 4 is 10.9 Å². The minimum atomic E-state index is -0.324. The van der Waals surface area contributed by atoms with Gasteiger partial charge >= 0.3 is 0 Å². The van der Waals surface area contributed by atoms with Crippen LogP contribution in [0, 0.1) is 17.1 Å². The summed E-state index contributed by atoms with van der Waals surface area (Å²) < 4.78 is 20.4. The van der Waals surface area contributed by atoms with Gasteiger partial charge in [-0.05, 0) is 42.5 Å². The van der Waals surface area contributed by atoms with Gasteiger partial charge in [-0.2, -0.15) is 5.26 Å². The third-order valence-corrected chi connectivity index (χ3v) is 3.24. The summed E-state index contributed by atoms with van der Waals surface area (Å²) in [6.45, 7) is 0. The molecule has 0 amide bonds. The fourth-order valence-electron chi connectivity index (χ4n) is 2.25. The van der Waals surface area contributed by atoms with Crippen LogP contribution in [0.2, 0.25) is 0 Å². The van der Waals surface area contributed by atoms with Crippen molar-refractivity contribution in [3.05, 3.63) is 60.0 Å². The predicted molar refractivity (Wildman–Crippen MR) is 74.5 cm³/mol. The van der Waals surface area contributed by atoms with E-state index in [0.717, 1.165) is 16.8 Å². The summed E-state index contributed by atoms with van der Waals surface area (Å²) >= 11 is 0. The largest absolute Gasteiger partial charge is 0.497 e. The van der Waals surface area contributed by atoms with Crippen LogP contribution in [0.15, 0.2) is 48.7 Å². The SMILES string of the molecule is COc1ccc(-n2cc(C#N)c3ccc(F)cc32)cc1. The van der Waals surface area contributed by atoms with Crippen LogP contribution in [-0.2, 0) is 0 Å². The molecule has 1 aromatic heterocycles. The highest BCUT2D eigenvalue weighted by atomic mass is 19.1. The molecule has 0 spiro atoms. The van der Waals surface area contributed by atoms with Gasteiger partial charge in [0.25, 0.3) is 0 Å². The summed E-state index contributed by atoms with van der Waals surface area (Å²) in [6.07, 6.45) is 1.71. The van der Waals surface area contributed by atoms with Gasteiger partial charge in [-0.15, -0.1) is 0 Å². The van der Waals surface area contributed by atoms with Gasteiger partial charge in [-0.1, -0.05) is 0 Å². The Kier molecular flexibility index (Phi) is 2.88. The number of fused-ring (bicyclic) bond motifs is 1. The summed E-state index contributed by atoms with van der Waals surface area (Å²) in [5.41, 5.74) is 2.05. The first-order chi connectivity index (χ1) is 9.72. The monoisotopic (exact) mass is 266 g/mol. The molecule has 1 heterocycles. The lowest BCUT2D eigenvalue weighted by molar-refractivity contribution is 0.415. The number of hydrogen-bond acceptors (Lipinski definition) is 2. The Hall–Kier alpha value is -2.80. The Morgan fingerprint density at radius 2 is 1.90 bits per heavy atom. The van der Waals surface area contributed by atoms with E-state index in [0.29, 0.717) is 11.1 Å².